The smallest absolute Gasteiger partial charge is 0.123 e. The summed E-state index contributed by atoms with van der Waals surface area (Å²) in [6, 6.07) is 15.0. The molecule has 1 aromatic heterocycles. The van der Waals surface area contributed by atoms with E-state index in [1.54, 1.807) is 0 Å². The van der Waals surface area contributed by atoms with Crippen molar-refractivity contribution in [1.29, 1.82) is 0 Å². The molecule has 2 atom stereocenters. The fraction of sp³-hybridized carbons (Fsp3) is 0.421. The average molecular weight is 311 g/mol. The number of rotatable bonds is 5. The van der Waals surface area contributed by atoms with Crippen LogP contribution in [0.2, 0.25) is 0 Å². The molecule has 23 heavy (non-hydrogen) atoms. The first-order chi connectivity index (χ1) is 11.2. The van der Waals surface area contributed by atoms with Crippen LogP contribution in [0.5, 0.6) is 0 Å². The summed E-state index contributed by atoms with van der Waals surface area (Å²) < 4.78 is 5.99. The third-order valence-electron chi connectivity index (χ3n) is 4.50. The van der Waals surface area contributed by atoms with Gasteiger partial charge in [0, 0.05) is 24.3 Å². The lowest BCUT2D eigenvalue weighted by Crippen LogP contribution is -2.45. The Morgan fingerprint density at radius 2 is 2.04 bits per heavy atom. The molecule has 1 saturated heterocycles. The lowest BCUT2D eigenvalue weighted by molar-refractivity contribution is -0.0602. The molecule has 0 aliphatic carbocycles. The lowest BCUT2D eigenvalue weighted by atomic mass is 10.1. The number of hydrogen-bond donors (Lipinski definition) is 1. The number of aromatic nitrogens is 1. The minimum atomic E-state index is 0.0935. The quantitative estimate of drug-likeness (QED) is 0.922. The van der Waals surface area contributed by atoms with Gasteiger partial charge in [-0.05, 0) is 37.9 Å². The zero-order valence-corrected chi connectivity index (χ0v) is 13.7. The first-order valence-electron chi connectivity index (χ1n) is 8.33. The van der Waals surface area contributed by atoms with Gasteiger partial charge < -0.3 is 10.5 Å². The third-order valence-corrected chi connectivity index (χ3v) is 4.50. The highest BCUT2D eigenvalue weighted by molar-refractivity contribution is 5.30. The van der Waals surface area contributed by atoms with E-state index in [9.17, 15) is 0 Å². The van der Waals surface area contributed by atoms with E-state index in [1.165, 1.54) is 12.0 Å². The summed E-state index contributed by atoms with van der Waals surface area (Å²) in [5.41, 5.74) is 8.18. The van der Waals surface area contributed by atoms with Gasteiger partial charge in [0.1, 0.15) is 5.82 Å². The number of hydrogen-bond acceptors (Lipinski definition) is 4. The Labute approximate surface area is 138 Å². The molecule has 122 valence electrons. The molecule has 4 nitrogen and oxygen atoms in total. The van der Waals surface area contributed by atoms with Gasteiger partial charge in [0.25, 0.3) is 0 Å². The highest BCUT2D eigenvalue weighted by Gasteiger charge is 2.26. The number of nitrogens with zero attached hydrogens (tertiary/aromatic N) is 2. The molecular formula is C19H25N3O. The Morgan fingerprint density at radius 3 is 2.78 bits per heavy atom. The molecule has 0 saturated carbocycles. The van der Waals surface area contributed by atoms with Gasteiger partial charge in [-0.25, -0.2) is 4.98 Å². The minimum Gasteiger partial charge on any atom is -0.384 e. The fourth-order valence-electron chi connectivity index (χ4n) is 3.06. The van der Waals surface area contributed by atoms with Crippen LogP contribution in [-0.2, 0) is 11.2 Å². The maximum Gasteiger partial charge on any atom is 0.123 e. The topological polar surface area (TPSA) is 51.4 Å². The van der Waals surface area contributed by atoms with Crippen molar-refractivity contribution in [3.05, 3.63) is 59.8 Å². The van der Waals surface area contributed by atoms with Gasteiger partial charge in [-0.2, -0.15) is 0 Å². The zero-order chi connectivity index (χ0) is 16.1. The first kappa shape index (κ1) is 16.0. The normalized spacial score (nSPS) is 22.1. The van der Waals surface area contributed by atoms with Gasteiger partial charge in [0.2, 0.25) is 0 Å². The number of aryl methyl sites for hydroxylation is 1. The van der Waals surface area contributed by atoms with Crippen molar-refractivity contribution in [3.63, 3.8) is 0 Å². The van der Waals surface area contributed by atoms with Crippen LogP contribution in [0.1, 0.15) is 30.6 Å². The van der Waals surface area contributed by atoms with E-state index in [0.29, 0.717) is 11.9 Å². The van der Waals surface area contributed by atoms with Crippen molar-refractivity contribution in [2.45, 2.75) is 31.9 Å². The SMILES string of the molecule is C[C@H]1CO[C@@H](c2ccc(N)nc2)CN1CCCc1ccccc1. The maximum absolute atomic E-state index is 5.99. The van der Waals surface area contributed by atoms with Crippen LogP contribution in [0.3, 0.4) is 0 Å². The summed E-state index contributed by atoms with van der Waals surface area (Å²) in [4.78, 5) is 6.70. The molecule has 3 rings (SSSR count). The third kappa shape index (κ3) is 4.30. The Kier molecular flexibility index (Phi) is 5.26. The van der Waals surface area contributed by atoms with Gasteiger partial charge >= 0.3 is 0 Å². The van der Waals surface area contributed by atoms with Crippen molar-refractivity contribution in [3.8, 4) is 0 Å². The Morgan fingerprint density at radius 1 is 1.22 bits per heavy atom. The number of ether oxygens (including phenoxy) is 1. The molecule has 2 aromatic rings. The number of benzene rings is 1. The van der Waals surface area contributed by atoms with Crippen LogP contribution in [0.25, 0.3) is 0 Å². The van der Waals surface area contributed by atoms with Gasteiger partial charge in [0.15, 0.2) is 0 Å². The predicted molar refractivity (Wildman–Crippen MR) is 93.1 cm³/mol. The second-order valence-corrected chi connectivity index (χ2v) is 6.27. The van der Waals surface area contributed by atoms with Gasteiger partial charge in [-0.1, -0.05) is 36.4 Å². The maximum atomic E-state index is 5.99. The molecule has 2 heterocycles. The summed E-state index contributed by atoms with van der Waals surface area (Å²) in [5, 5.41) is 0. The van der Waals surface area contributed by atoms with Crippen LogP contribution in [0.15, 0.2) is 48.7 Å². The van der Waals surface area contributed by atoms with Crippen LogP contribution >= 0.6 is 0 Å². The number of anilines is 1. The molecule has 1 aliphatic rings. The summed E-state index contributed by atoms with van der Waals surface area (Å²) in [7, 11) is 0. The van der Waals surface area contributed by atoms with E-state index in [1.807, 2.05) is 18.3 Å². The highest BCUT2D eigenvalue weighted by atomic mass is 16.5. The van der Waals surface area contributed by atoms with Crippen LogP contribution < -0.4 is 5.73 Å². The molecule has 0 spiro atoms. The number of morpholine rings is 1. The van der Waals surface area contributed by atoms with Crippen molar-refractivity contribution in [1.82, 2.24) is 9.88 Å². The molecule has 0 unspecified atom stereocenters. The van der Waals surface area contributed by atoms with E-state index < -0.39 is 0 Å². The van der Waals surface area contributed by atoms with Crippen LogP contribution in [0.4, 0.5) is 5.82 Å². The van der Waals surface area contributed by atoms with E-state index in [4.69, 9.17) is 10.5 Å². The molecule has 1 fully saturated rings. The molecule has 0 amide bonds. The van der Waals surface area contributed by atoms with Crippen molar-refractivity contribution in [2.75, 3.05) is 25.4 Å². The molecular weight excluding hydrogens is 286 g/mol. The second-order valence-electron chi connectivity index (χ2n) is 6.27. The lowest BCUT2D eigenvalue weighted by Gasteiger charge is -2.38. The van der Waals surface area contributed by atoms with E-state index >= 15 is 0 Å². The van der Waals surface area contributed by atoms with Crippen LogP contribution in [-0.4, -0.2) is 35.6 Å². The Bertz CT molecular complexity index is 600. The summed E-state index contributed by atoms with van der Waals surface area (Å²) >= 11 is 0. The Hall–Kier alpha value is -1.91. The summed E-state index contributed by atoms with van der Waals surface area (Å²) in [6.07, 6.45) is 4.22. The average Bonchev–Trinajstić information content (AvgIpc) is 2.58. The Balaban J connectivity index is 1.54. The zero-order valence-electron chi connectivity index (χ0n) is 13.7. The van der Waals surface area contributed by atoms with Crippen LogP contribution in [0, 0.1) is 0 Å². The molecule has 0 bridgehead atoms. The van der Waals surface area contributed by atoms with Crippen molar-refractivity contribution < 1.29 is 4.74 Å². The van der Waals surface area contributed by atoms with Gasteiger partial charge in [0.05, 0.1) is 12.7 Å². The highest BCUT2D eigenvalue weighted by Crippen LogP contribution is 2.25. The minimum absolute atomic E-state index is 0.0935. The summed E-state index contributed by atoms with van der Waals surface area (Å²) in [6.45, 7) is 5.01. The molecule has 0 radical (unpaired) electrons. The van der Waals surface area contributed by atoms with Crippen molar-refractivity contribution in [2.24, 2.45) is 0 Å². The van der Waals surface area contributed by atoms with E-state index in [0.717, 1.165) is 31.7 Å². The molecule has 1 aliphatic heterocycles. The molecule has 2 N–H and O–H groups in total. The summed E-state index contributed by atoms with van der Waals surface area (Å²) in [5.74, 6) is 0.553. The second kappa shape index (κ2) is 7.57. The fourth-order valence-corrected chi connectivity index (χ4v) is 3.06. The monoisotopic (exact) mass is 311 g/mol. The van der Waals surface area contributed by atoms with Crippen molar-refractivity contribution >= 4 is 5.82 Å². The van der Waals surface area contributed by atoms with Gasteiger partial charge in [-0.3, -0.25) is 4.90 Å². The molecule has 1 aromatic carbocycles. The van der Waals surface area contributed by atoms with Gasteiger partial charge in [-0.15, -0.1) is 0 Å². The molecule has 4 heteroatoms. The largest absolute Gasteiger partial charge is 0.384 e. The number of nitrogen functional groups attached to an aromatic ring is 1. The first-order valence-corrected chi connectivity index (χ1v) is 8.33. The number of pyridine rings is 1. The van der Waals surface area contributed by atoms with E-state index in [2.05, 4.69) is 47.1 Å². The predicted octanol–water partition coefficient (Wildman–Crippen LogP) is 3.06. The van der Waals surface area contributed by atoms with E-state index in [-0.39, 0.29) is 6.10 Å². The standard InChI is InChI=1S/C19H25N3O/c1-15-14-23-18(17-9-10-19(20)21-12-17)13-22(15)11-5-8-16-6-3-2-4-7-16/h2-4,6-7,9-10,12,15,18H,5,8,11,13-14H2,1H3,(H2,20,21)/t15-,18+/m0/s1. The number of nitrogens with two attached hydrogens (primary N) is 1.